The minimum absolute atomic E-state index is 0.234. The number of rotatable bonds is 2. The zero-order valence-corrected chi connectivity index (χ0v) is 13.7. The minimum atomic E-state index is -0.535. The first-order chi connectivity index (χ1) is 10.4. The van der Waals surface area contributed by atoms with E-state index in [0.717, 1.165) is 18.6 Å². The quantitative estimate of drug-likeness (QED) is 0.724. The molecule has 1 saturated carbocycles. The molecule has 0 spiro atoms. The van der Waals surface area contributed by atoms with Gasteiger partial charge in [-0.2, -0.15) is 0 Å². The van der Waals surface area contributed by atoms with Crippen LogP contribution in [0.3, 0.4) is 0 Å². The minimum Gasteiger partial charge on any atom is -0.493 e. The third-order valence-electron chi connectivity index (χ3n) is 3.60. The van der Waals surface area contributed by atoms with Crippen molar-refractivity contribution in [2.75, 3.05) is 6.54 Å². The summed E-state index contributed by atoms with van der Waals surface area (Å²) in [4.78, 5) is 13.7. The van der Waals surface area contributed by atoms with E-state index in [4.69, 9.17) is 15.9 Å². The highest BCUT2D eigenvalue weighted by atomic mass is 16.6. The van der Waals surface area contributed by atoms with Gasteiger partial charge in [-0.1, -0.05) is 12.3 Å². The summed E-state index contributed by atoms with van der Waals surface area (Å²) in [5, 5.41) is 0. The largest absolute Gasteiger partial charge is 0.493 e. The van der Waals surface area contributed by atoms with Gasteiger partial charge in [0.05, 0.1) is 12.6 Å². The number of carbonyl (C=O) groups is 1. The topological polar surface area (TPSA) is 38.8 Å². The Morgan fingerprint density at radius 3 is 2.59 bits per heavy atom. The van der Waals surface area contributed by atoms with Gasteiger partial charge < -0.3 is 9.47 Å². The molecule has 0 unspecified atom stereocenters. The summed E-state index contributed by atoms with van der Waals surface area (Å²) in [5.41, 5.74) is 0.0928. The molecule has 4 nitrogen and oxygen atoms in total. The molecule has 22 heavy (non-hydrogen) atoms. The lowest BCUT2D eigenvalue weighted by molar-refractivity contribution is 0.0264. The number of carbonyl (C=O) groups excluding carboxylic acids is 1. The highest BCUT2D eigenvalue weighted by Crippen LogP contribution is 2.25. The predicted molar refractivity (Wildman–Crippen MR) is 85.9 cm³/mol. The maximum atomic E-state index is 12.2. The van der Waals surface area contributed by atoms with Crippen LogP contribution in [0.2, 0.25) is 0 Å². The van der Waals surface area contributed by atoms with Crippen LogP contribution >= 0.6 is 0 Å². The van der Waals surface area contributed by atoms with E-state index in [9.17, 15) is 4.79 Å². The van der Waals surface area contributed by atoms with Crippen molar-refractivity contribution in [1.29, 1.82) is 0 Å². The molecule has 0 radical (unpaired) electrons. The molecule has 2 rings (SSSR count). The second-order valence-corrected chi connectivity index (χ2v) is 6.83. The van der Waals surface area contributed by atoms with Gasteiger partial charge in [0.25, 0.3) is 0 Å². The van der Waals surface area contributed by atoms with Crippen LogP contribution in [0.15, 0.2) is 23.6 Å². The lowest BCUT2D eigenvalue weighted by Gasteiger charge is -2.30. The van der Waals surface area contributed by atoms with Gasteiger partial charge >= 0.3 is 6.09 Å². The second kappa shape index (κ2) is 6.91. The summed E-state index contributed by atoms with van der Waals surface area (Å²) in [6.45, 7) is 5.90. The Morgan fingerprint density at radius 1 is 1.32 bits per heavy atom. The molecule has 1 aliphatic heterocycles. The standard InChI is InChI=1S/C18H25NO3/c1-5-14-11-16(21-15-9-7-6-8-10-15)13-19(12-14)17(20)22-18(2,3)4/h1,11-12,15H,6-10,13H2,2-4H3. The zero-order valence-electron chi connectivity index (χ0n) is 13.7. The first-order valence-corrected chi connectivity index (χ1v) is 7.92. The highest BCUT2D eigenvalue weighted by molar-refractivity contribution is 5.71. The molecule has 120 valence electrons. The summed E-state index contributed by atoms with van der Waals surface area (Å²) in [5.74, 6) is 3.32. The summed E-state index contributed by atoms with van der Waals surface area (Å²) >= 11 is 0. The SMILES string of the molecule is C#CC1=CN(C(=O)OC(C)(C)C)CC(OC2CCCCC2)=C1. The van der Waals surface area contributed by atoms with Crippen molar-refractivity contribution >= 4 is 6.09 Å². The van der Waals surface area contributed by atoms with E-state index in [1.165, 1.54) is 24.2 Å². The Labute approximate surface area is 133 Å². The summed E-state index contributed by atoms with van der Waals surface area (Å²) in [6.07, 6.45) is 14.6. The molecule has 1 aliphatic carbocycles. The molecular weight excluding hydrogens is 278 g/mol. The van der Waals surface area contributed by atoms with Gasteiger partial charge in [0, 0.05) is 11.8 Å². The fourth-order valence-corrected chi connectivity index (χ4v) is 2.62. The third-order valence-corrected chi connectivity index (χ3v) is 3.60. The van der Waals surface area contributed by atoms with E-state index in [-0.39, 0.29) is 6.10 Å². The molecule has 0 aromatic rings. The molecule has 0 atom stereocenters. The molecule has 0 N–H and O–H groups in total. The number of hydrogen-bond acceptors (Lipinski definition) is 3. The zero-order chi connectivity index (χ0) is 16.2. The van der Waals surface area contributed by atoms with Crippen LogP contribution in [-0.4, -0.2) is 29.2 Å². The average molecular weight is 303 g/mol. The van der Waals surface area contributed by atoms with Gasteiger partial charge in [-0.3, -0.25) is 4.90 Å². The first-order valence-electron chi connectivity index (χ1n) is 7.92. The van der Waals surface area contributed by atoms with Crippen molar-refractivity contribution < 1.29 is 14.3 Å². The Balaban J connectivity index is 2.03. The molecule has 0 aromatic carbocycles. The lowest BCUT2D eigenvalue weighted by atomic mass is 9.98. The highest BCUT2D eigenvalue weighted by Gasteiger charge is 2.26. The molecule has 1 amide bonds. The Bertz CT molecular complexity index is 513. The number of ether oxygens (including phenoxy) is 2. The second-order valence-electron chi connectivity index (χ2n) is 6.83. The van der Waals surface area contributed by atoms with Gasteiger partial charge in [-0.05, 0) is 52.5 Å². The van der Waals surface area contributed by atoms with Gasteiger partial charge in [0.1, 0.15) is 11.4 Å². The molecule has 0 bridgehead atoms. The monoisotopic (exact) mass is 303 g/mol. The fraction of sp³-hybridized carbons (Fsp3) is 0.611. The maximum absolute atomic E-state index is 12.2. The smallest absolute Gasteiger partial charge is 0.414 e. The van der Waals surface area contributed by atoms with Crippen LogP contribution in [0.4, 0.5) is 4.79 Å². The van der Waals surface area contributed by atoms with Crippen LogP contribution in [0.25, 0.3) is 0 Å². The number of terminal acetylenes is 1. The molecule has 0 aromatic heterocycles. The van der Waals surface area contributed by atoms with Crippen LogP contribution in [0.1, 0.15) is 52.9 Å². The van der Waals surface area contributed by atoms with Crippen molar-refractivity contribution in [2.24, 2.45) is 0 Å². The van der Waals surface area contributed by atoms with Gasteiger partial charge in [0.15, 0.2) is 0 Å². The fourth-order valence-electron chi connectivity index (χ4n) is 2.62. The summed E-state index contributed by atoms with van der Waals surface area (Å²) in [7, 11) is 0. The van der Waals surface area contributed by atoms with Crippen LogP contribution in [-0.2, 0) is 9.47 Å². The average Bonchev–Trinajstić information content (AvgIpc) is 2.46. The van der Waals surface area contributed by atoms with E-state index >= 15 is 0 Å². The molecular formula is C18H25NO3. The number of hydrogen-bond donors (Lipinski definition) is 0. The lowest BCUT2D eigenvalue weighted by Crippen LogP contribution is -2.36. The van der Waals surface area contributed by atoms with Crippen molar-refractivity contribution in [3.63, 3.8) is 0 Å². The van der Waals surface area contributed by atoms with Crippen LogP contribution in [0.5, 0.6) is 0 Å². The number of nitrogens with zero attached hydrogens (tertiary/aromatic N) is 1. The molecule has 2 aliphatic rings. The summed E-state index contributed by atoms with van der Waals surface area (Å²) in [6, 6.07) is 0. The van der Waals surface area contributed by atoms with Crippen molar-refractivity contribution in [3.05, 3.63) is 23.6 Å². The normalized spacial score (nSPS) is 19.8. The Kier molecular flexibility index (Phi) is 5.18. The van der Waals surface area contributed by atoms with Gasteiger partial charge in [-0.15, -0.1) is 6.42 Å². The Hall–Kier alpha value is -1.89. The van der Waals surface area contributed by atoms with E-state index in [1.807, 2.05) is 26.8 Å². The van der Waals surface area contributed by atoms with Crippen molar-refractivity contribution in [2.45, 2.75) is 64.6 Å². The third kappa shape index (κ3) is 4.84. The maximum Gasteiger partial charge on any atom is 0.414 e. The molecule has 4 heteroatoms. The number of amides is 1. The molecule has 1 fully saturated rings. The van der Waals surface area contributed by atoms with Crippen LogP contribution in [0, 0.1) is 12.3 Å². The first kappa shape index (κ1) is 16.5. The molecule has 1 heterocycles. The number of allylic oxidation sites excluding steroid dienone is 2. The van der Waals surface area contributed by atoms with Gasteiger partial charge in [-0.25, -0.2) is 4.79 Å². The van der Waals surface area contributed by atoms with E-state index < -0.39 is 11.7 Å². The Morgan fingerprint density at radius 2 is 2.00 bits per heavy atom. The van der Waals surface area contributed by atoms with E-state index in [1.54, 1.807) is 6.20 Å². The van der Waals surface area contributed by atoms with Crippen LogP contribution < -0.4 is 0 Å². The molecule has 0 saturated heterocycles. The van der Waals surface area contributed by atoms with E-state index in [2.05, 4.69) is 5.92 Å². The van der Waals surface area contributed by atoms with Crippen molar-refractivity contribution in [3.8, 4) is 12.3 Å². The predicted octanol–water partition coefficient (Wildman–Crippen LogP) is 3.99. The van der Waals surface area contributed by atoms with Gasteiger partial charge in [0.2, 0.25) is 0 Å². The summed E-state index contributed by atoms with van der Waals surface area (Å²) < 4.78 is 11.4. The van der Waals surface area contributed by atoms with Crippen molar-refractivity contribution in [1.82, 2.24) is 4.90 Å². The van der Waals surface area contributed by atoms with E-state index in [0.29, 0.717) is 12.1 Å².